The van der Waals surface area contributed by atoms with Crippen LogP contribution >= 0.6 is 0 Å². The summed E-state index contributed by atoms with van der Waals surface area (Å²) in [5.74, 6) is 1.81. The first-order valence-electron chi connectivity index (χ1n) is 8.34. The minimum atomic E-state index is -0.501. The minimum absolute atomic E-state index is 0.0738. The summed E-state index contributed by atoms with van der Waals surface area (Å²) >= 11 is 0. The Hall–Kier alpha value is -0.730. The summed E-state index contributed by atoms with van der Waals surface area (Å²) in [7, 11) is 0. The average Bonchev–Trinajstić information content (AvgIpc) is 2.38. The summed E-state index contributed by atoms with van der Waals surface area (Å²) < 4.78 is 10.7. The zero-order chi connectivity index (χ0) is 14.6. The standard InChI is InChI=1S/C17H30O3/c1-17(2,3)20-16(18)19-15-11-9-14(10-12-15)13-7-5-4-6-8-13/h13-15H,4-12H2,1-3H3. The molecule has 20 heavy (non-hydrogen) atoms. The summed E-state index contributed by atoms with van der Waals surface area (Å²) in [5, 5.41) is 0. The van der Waals surface area contributed by atoms with Crippen molar-refractivity contribution in [3.8, 4) is 0 Å². The molecule has 0 aliphatic heterocycles. The van der Waals surface area contributed by atoms with Gasteiger partial charge in [0.2, 0.25) is 0 Å². The van der Waals surface area contributed by atoms with Gasteiger partial charge >= 0.3 is 6.16 Å². The van der Waals surface area contributed by atoms with Gasteiger partial charge in [0.25, 0.3) is 0 Å². The summed E-state index contributed by atoms with van der Waals surface area (Å²) in [6.07, 6.45) is 11.1. The second kappa shape index (κ2) is 6.82. The van der Waals surface area contributed by atoms with Crippen molar-refractivity contribution in [1.29, 1.82) is 0 Å². The number of carbonyl (C=O) groups excluding carboxylic acids is 1. The summed E-state index contributed by atoms with van der Waals surface area (Å²) in [6, 6.07) is 0. The van der Waals surface area contributed by atoms with Crippen LogP contribution in [-0.4, -0.2) is 17.9 Å². The van der Waals surface area contributed by atoms with E-state index < -0.39 is 11.8 Å². The van der Waals surface area contributed by atoms with Gasteiger partial charge in [-0.25, -0.2) is 4.79 Å². The summed E-state index contributed by atoms with van der Waals surface area (Å²) in [5.41, 5.74) is -0.462. The third kappa shape index (κ3) is 4.99. The zero-order valence-corrected chi connectivity index (χ0v) is 13.3. The number of ether oxygens (including phenoxy) is 2. The Balaban J connectivity index is 1.70. The summed E-state index contributed by atoms with van der Waals surface area (Å²) in [4.78, 5) is 11.7. The predicted molar refractivity (Wildman–Crippen MR) is 79.6 cm³/mol. The topological polar surface area (TPSA) is 35.5 Å². The van der Waals surface area contributed by atoms with Crippen molar-refractivity contribution in [3.63, 3.8) is 0 Å². The van der Waals surface area contributed by atoms with Crippen LogP contribution < -0.4 is 0 Å². The molecule has 0 aromatic rings. The van der Waals surface area contributed by atoms with Crippen molar-refractivity contribution in [2.45, 2.75) is 90.3 Å². The molecular formula is C17H30O3. The fraction of sp³-hybridized carbons (Fsp3) is 0.941. The maximum atomic E-state index is 11.7. The van der Waals surface area contributed by atoms with E-state index in [1.54, 1.807) is 0 Å². The quantitative estimate of drug-likeness (QED) is 0.663. The smallest absolute Gasteiger partial charge is 0.431 e. The van der Waals surface area contributed by atoms with Gasteiger partial charge in [0, 0.05) is 0 Å². The molecule has 0 saturated heterocycles. The third-order valence-electron chi connectivity index (χ3n) is 4.69. The fourth-order valence-electron chi connectivity index (χ4n) is 3.69. The van der Waals surface area contributed by atoms with Crippen LogP contribution in [0.3, 0.4) is 0 Å². The van der Waals surface area contributed by atoms with E-state index in [1.165, 1.54) is 44.9 Å². The lowest BCUT2D eigenvalue weighted by atomic mass is 9.73. The molecule has 0 unspecified atom stereocenters. The lowest BCUT2D eigenvalue weighted by Gasteiger charge is -2.35. The molecule has 2 rings (SSSR count). The first kappa shape index (κ1) is 15.7. The van der Waals surface area contributed by atoms with E-state index in [0.717, 1.165) is 24.7 Å². The van der Waals surface area contributed by atoms with E-state index in [9.17, 15) is 4.79 Å². The van der Waals surface area contributed by atoms with Gasteiger partial charge in [0.1, 0.15) is 11.7 Å². The van der Waals surface area contributed by atoms with Crippen LogP contribution in [0.4, 0.5) is 4.79 Å². The number of rotatable bonds is 2. The van der Waals surface area contributed by atoms with Gasteiger partial charge in [-0.1, -0.05) is 32.1 Å². The Morgan fingerprint density at radius 2 is 1.40 bits per heavy atom. The van der Waals surface area contributed by atoms with E-state index >= 15 is 0 Å². The molecule has 0 N–H and O–H groups in total. The molecule has 2 fully saturated rings. The Kier molecular flexibility index (Phi) is 5.34. The molecule has 0 radical (unpaired) electrons. The Morgan fingerprint density at radius 3 is 1.95 bits per heavy atom. The monoisotopic (exact) mass is 282 g/mol. The van der Waals surface area contributed by atoms with E-state index in [2.05, 4.69) is 0 Å². The van der Waals surface area contributed by atoms with Gasteiger partial charge in [-0.15, -0.1) is 0 Å². The lowest BCUT2D eigenvalue weighted by Crippen LogP contribution is -2.31. The molecule has 0 bridgehead atoms. The minimum Gasteiger partial charge on any atom is -0.431 e. The van der Waals surface area contributed by atoms with Crippen molar-refractivity contribution < 1.29 is 14.3 Å². The Labute approximate surface area is 123 Å². The molecule has 0 amide bonds. The second-order valence-electron chi connectivity index (χ2n) is 7.52. The molecule has 3 nitrogen and oxygen atoms in total. The molecule has 0 heterocycles. The molecule has 2 aliphatic rings. The van der Waals surface area contributed by atoms with Crippen LogP contribution in [0.5, 0.6) is 0 Å². The zero-order valence-electron chi connectivity index (χ0n) is 13.3. The van der Waals surface area contributed by atoms with Crippen LogP contribution in [0.2, 0.25) is 0 Å². The molecule has 3 heteroatoms. The number of hydrogen-bond acceptors (Lipinski definition) is 3. The maximum absolute atomic E-state index is 11.7. The lowest BCUT2D eigenvalue weighted by molar-refractivity contribution is -0.0389. The Bertz CT molecular complexity index is 305. The highest BCUT2D eigenvalue weighted by atomic mass is 16.7. The number of hydrogen-bond donors (Lipinski definition) is 0. The molecule has 0 aromatic heterocycles. The van der Waals surface area contributed by atoms with Gasteiger partial charge in [-0.05, 0) is 58.3 Å². The fourth-order valence-corrected chi connectivity index (χ4v) is 3.69. The van der Waals surface area contributed by atoms with Gasteiger partial charge in [0.15, 0.2) is 0 Å². The largest absolute Gasteiger partial charge is 0.509 e. The highest BCUT2D eigenvalue weighted by Gasteiger charge is 2.30. The Morgan fingerprint density at radius 1 is 0.850 bits per heavy atom. The van der Waals surface area contributed by atoms with E-state index in [4.69, 9.17) is 9.47 Å². The SMILES string of the molecule is CC(C)(C)OC(=O)OC1CCC(C2CCCCC2)CC1. The van der Waals surface area contributed by atoms with Crippen LogP contribution in [0, 0.1) is 11.8 Å². The molecule has 0 spiro atoms. The first-order valence-corrected chi connectivity index (χ1v) is 8.34. The van der Waals surface area contributed by atoms with Gasteiger partial charge in [0.05, 0.1) is 0 Å². The molecule has 2 aliphatic carbocycles. The molecule has 116 valence electrons. The van der Waals surface area contributed by atoms with Crippen molar-refractivity contribution >= 4 is 6.16 Å². The van der Waals surface area contributed by atoms with E-state index in [1.807, 2.05) is 20.8 Å². The van der Waals surface area contributed by atoms with E-state index in [-0.39, 0.29) is 6.10 Å². The molecule has 0 atom stereocenters. The van der Waals surface area contributed by atoms with Crippen LogP contribution in [0.1, 0.15) is 78.6 Å². The second-order valence-corrected chi connectivity index (χ2v) is 7.52. The molecule has 2 saturated carbocycles. The molecule has 0 aromatic carbocycles. The third-order valence-corrected chi connectivity index (χ3v) is 4.69. The van der Waals surface area contributed by atoms with Gasteiger partial charge in [-0.3, -0.25) is 0 Å². The van der Waals surface area contributed by atoms with Crippen LogP contribution in [0.15, 0.2) is 0 Å². The average molecular weight is 282 g/mol. The number of carbonyl (C=O) groups is 1. The maximum Gasteiger partial charge on any atom is 0.509 e. The summed E-state index contributed by atoms with van der Waals surface area (Å²) in [6.45, 7) is 5.61. The van der Waals surface area contributed by atoms with E-state index in [0.29, 0.717) is 0 Å². The van der Waals surface area contributed by atoms with Crippen molar-refractivity contribution in [1.82, 2.24) is 0 Å². The van der Waals surface area contributed by atoms with Gasteiger partial charge < -0.3 is 9.47 Å². The van der Waals surface area contributed by atoms with Crippen molar-refractivity contribution in [2.75, 3.05) is 0 Å². The highest BCUT2D eigenvalue weighted by Crippen LogP contribution is 2.38. The molecular weight excluding hydrogens is 252 g/mol. The highest BCUT2D eigenvalue weighted by molar-refractivity contribution is 5.60. The van der Waals surface area contributed by atoms with Crippen molar-refractivity contribution in [3.05, 3.63) is 0 Å². The van der Waals surface area contributed by atoms with Gasteiger partial charge in [-0.2, -0.15) is 0 Å². The van der Waals surface area contributed by atoms with Crippen molar-refractivity contribution in [2.24, 2.45) is 11.8 Å². The predicted octanol–water partition coefficient (Wildman–Crippen LogP) is 5.08. The normalized spacial score (nSPS) is 28.9. The van der Waals surface area contributed by atoms with Crippen LogP contribution in [-0.2, 0) is 9.47 Å². The first-order chi connectivity index (χ1) is 9.44. The van der Waals surface area contributed by atoms with Crippen LogP contribution in [0.25, 0.3) is 0 Å².